The fourth-order valence-electron chi connectivity index (χ4n) is 0.782. The molecule has 0 saturated heterocycles. The van der Waals surface area contributed by atoms with Crippen molar-refractivity contribution in [3.63, 3.8) is 0 Å². The maximum atomic E-state index is 9.71. The molecular weight excluding hydrogens is 138 g/mol. The molecule has 0 aliphatic rings. The van der Waals surface area contributed by atoms with E-state index in [1.54, 1.807) is 6.92 Å². The zero-order valence-electron chi connectivity index (χ0n) is 8.18. The summed E-state index contributed by atoms with van der Waals surface area (Å²) in [5.41, 5.74) is 0.111. The van der Waals surface area contributed by atoms with Crippen LogP contribution in [-0.4, -0.2) is 22.5 Å². The van der Waals surface area contributed by atoms with Gasteiger partial charge in [0.05, 0.1) is 5.60 Å². The largest absolute Gasteiger partial charge is 0.384 e. The summed E-state index contributed by atoms with van der Waals surface area (Å²) in [5, 5.41) is 9.71. The van der Waals surface area contributed by atoms with Gasteiger partial charge in [-0.15, -0.1) is 0 Å². The molecule has 0 bridgehead atoms. The maximum absolute atomic E-state index is 9.71. The van der Waals surface area contributed by atoms with Crippen molar-refractivity contribution in [2.75, 3.05) is 0 Å². The van der Waals surface area contributed by atoms with Crippen LogP contribution in [0.25, 0.3) is 0 Å². The molecule has 11 heavy (non-hydrogen) atoms. The second kappa shape index (κ2) is 3.86. The summed E-state index contributed by atoms with van der Waals surface area (Å²) in [6, 6.07) is 0.271. The number of hydrogen-bond acceptors (Lipinski definition) is 2. The Bertz CT molecular complexity index is 148. The van der Waals surface area contributed by atoms with Crippen LogP contribution >= 0.6 is 0 Å². The molecule has 2 nitrogen and oxygen atoms in total. The van der Waals surface area contributed by atoms with E-state index in [0.717, 1.165) is 12.1 Å². The monoisotopic (exact) mass is 157 g/mol. The Morgan fingerprint density at radius 1 is 1.55 bits per heavy atom. The molecule has 0 amide bonds. The highest BCUT2D eigenvalue weighted by molar-refractivity contribution is 5.89. The molecular formula is C9H19NO. The van der Waals surface area contributed by atoms with Crippen LogP contribution in [0.5, 0.6) is 0 Å². The molecule has 66 valence electrons. The Morgan fingerprint density at radius 3 is 2.27 bits per heavy atom. The van der Waals surface area contributed by atoms with Crippen molar-refractivity contribution in [1.29, 1.82) is 0 Å². The second-order valence-corrected chi connectivity index (χ2v) is 3.44. The lowest BCUT2D eigenvalue weighted by atomic mass is 9.98. The number of aliphatic hydroxyl groups is 1. The van der Waals surface area contributed by atoms with E-state index in [1.165, 1.54) is 0 Å². The third-order valence-electron chi connectivity index (χ3n) is 1.92. The average Bonchev–Trinajstić information content (AvgIpc) is 1.86. The fraction of sp³-hybridized carbons (Fsp3) is 0.889. The van der Waals surface area contributed by atoms with E-state index in [0.29, 0.717) is 0 Å². The second-order valence-electron chi connectivity index (χ2n) is 3.44. The predicted molar refractivity (Wildman–Crippen MR) is 49.2 cm³/mol. The fourth-order valence-corrected chi connectivity index (χ4v) is 0.782. The number of hydrogen-bond donors (Lipinski definition) is 1. The molecule has 2 heteroatoms. The Morgan fingerprint density at radius 2 is 2.00 bits per heavy atom. The summed E-state index contributed by atoms with van der Waals surface area (Å²) in [7, 11) is 0. The van der Waals surface area contributed by atoms with Crippen molar-refractivity contribution in [3.8, 4) is 0 Å². The van der Waals surface area contributed by atoms with E-state index in [-0.39, 0.29) is 6.04 Å². The SMILES string of the molecule is CCC(C)(O)C(C)=NC(C)C. The minimum absolute atomic E-state index is 0.271. The maximum Gasteiger partial charge on any atom is 0.0989 e. The third-order valence-corrected chi connectivity index (χ3v) is 1.92. The Labute approximate surface area is 69.3 Å². The van der Waals surface area contributed by atoms with Crippen LogP contribution in [0.15, 0.2) is 4.99 Å². The lowest BCUT2D eigenvalue weighted by molar-refractivity contribution is 0.127. The van der Waals surface area contributed by atoms with Crippen LogP contribution in [0, 0.1) is 0 Å². The molecule has 0 fully saturated rings. The van der Waals surface area contributed by atoms with Gasteiger partial charge in [0.1, 0.15) is 0 Å². The first-order chi connectivity index (χ1) is 4.90. The zero-order valence-corrected chi connectivity index (χ0v) is 8.18. The topological polar surface area (TPSA) is 32.6 Å². The molecule has 0 aliphatic heterocycles. The third kappa shape index (κ3) is 3.51. The van der Waals surface area contributed by atoms with Gasteiger partial charge in [-0.05, 0) is 34.1 Å². The van der Waals surface area contributed by atoms with Gasteiger partial charge in [0.2, 0.25) is 0 Å². The minimum Gasteiger partial charge on any atom is -0.384 e. The quantitative estimate of drug-likeness (QED) is 0.624. The normalized spacial score (nSPS) is 18.6. The van der Waals surface area contributed by atoms with Gasteiger partial charge >= 0.3 is 0 Å². The van der Waals surface area contributed by atoms with Gasteiger partial charge in [0, 0.05) is 11.8 Å². The number of nitrogens with zero attached hydrogens (tertiary/aromatic N) is 1. The zero-order chi connectivity index (χ0) is 9.07. The first-order valence-electron chi connectivity index (χ1n) is 4.17. The van der Waals surface area contributed by atoms with Crippen molar-refractivity contribution in [3.05, 3.63) is 0 Å². The molecule has 0 radical (unpaired) electrons. The Balaban J connectivity index is 4.33. The van der Waals surface area contributed by atoms with E-state index < -0.39 is 5.60 Å². The van der Waals surface area contributed by atoms with Crippen molar-refractivity contribution in [2.45, 2.75) is 52.7 Å². The van der Waals surface area contributed by atoms with E-state index in [4.69, 9.17) is 0 Å². The molecule has 0 rings (SSSR count). The van der Waals surface area contributed by atoms with Gasteiger partial charge in [-0.2, -0.15) is 0 Å². The molecule has 1 atom stereocenters. The molecule has 1 N–H and O–H groups in total. The first-order valence-corrected chi connectivity index (χ1v) is 4.17. The van der Waals surface area contributed by atoms with Crippen molar-refractivity contribution >= 4 is 5.71 Å². The molecule has 0 aliphatic carbocycles. The lowest BCUT2D eigenvalue weighted by Gasteiger charge is -2.21. The molecule has 0 heterocycles. The molecule has 0 aromatic rings. The van der Waals surface area contributed by atoms with Gasteiger partial charge in [0.25, 0.3) is 0 Å². The lowest BCUT2D eigenvalue weighted by Crippen LogP contribution is -2.32. The minimum atomic E-state index is -0.718. The highest BCUT2D eigenvalue weighted by atomic mass is 16.3. The number of aliphatic imine (C=N–C) groups is 1. The van der Waals surface area contributed by atoms with E-state index in [9.17, 15) is 5.11 Å². The highest BCUT2D eigenvalue weighted by Gasteiger charge is 2.21. The molecule has 0 aromatic heterocycles. The number of rotatable bonds is 3. The Hall–Kier alpha value is -0.370. The van der Waals surface area contributed by atoms with Crippen LogP contribution in [0.2, 0.25) is 0 Å². The summed E-state index contributed by atoms with van der Waals surface area (Å²) in [5.74, 6) is 0. The Kier molecular flexibility index (Phi) is 3.73. The van der Waals surface area contributed by atoms with Gasteiger partial charge < -0.3 is 5.11 Å². The standard InChI is InChI=1S/C9H19NO/c1-6-9(5,11)8(4)10-7(2)3/h7,11H,6H2,1-5H3. The summed E-state index contributed by atoms with van der Waals surface area (Å²) in [6.07, 6.45) is 0.717. The molecule has 0 aromatic carbocycles. The summed E-state index contributed by atoms with van der Waals surface area (Å²) in [6.45, 7) is 9.65. The van der Waals surface area contributed by atoms with Gasteiger partial charge in [0.15, 0.2) is 0 Å². The molecule has 0 saturated carbocycles. The van der Waals surface area contributed by atoms with Crippen LogP contribution in [0.1, 0.15) is 41.0 Å². The summed E-state index contributed by atoms with van der Waals surface area (Å²) >= 11 is 0. The summed E-state index contributed by atoms with van der Waals surface area (Å²) < 4.78 is 0. The van der Waals surface area contributed by atoms with Crippen LogP contribution in [-0.2, 0) is 0 Å². The van der Waals surface area contributed by atoms with Gasteiger partial charge in [-0.25, -0.2) is 0 Å². The van der Waals surface area contributed by atoms with E-state index in [1.807, 2.05) is 27.7 Å². The van der Waals surface area contributed by atoms with Gasteiger partial charge in [-0.3, -0.25) is 4.99 Å². The average molecular weight is 157 g/mol. The highest BCUT2D eigenvalue weighted by Crippen LogP contribution is 2.11. The van der Waals surface area contributed by atoms with Crippen LogP contribution in [0.4, 0.5) is 0 Å². The van der Waals surface area contributed by atoms with Crippen molar-refractivity contribution < 1.29 is 5.11 Å². The predicted octanol–water partition coefficient (Wildman–Crippen LogP) is 2.02. The van der Waals surface area contributed by atoms with Crippen molar-refractivity contribution in [1.82, 2.24) is 0 Å². The van der Waals surface area contributed by atoms with Crippen molar-refractivity contribution in [2.24, 2.45) is 4.99 Å². The summed E-state index contributed by atoms with van der Waals surface area (Å²) in [4.78, 5) is 4.29. The smallest absolute Gasteiger partial charge is 0.0989 e. The van der Waals surface area contributed by atoms with Crippen LogP contribution in [0.3, 0.4) is 0 Å². The first kappa shape index (κ1) is 10.6. The van der Waals surface area contributed by atoms with E-state index in [2.05, 4.69) is 4.99 Å². The molecule has 0 spiro atoms. The van der Waals surface area contributed by atoms with Gasteiger partial charge in [-0.1, -0.05) is 6.92 Å². The van der Waals surface area contributed by atoms with Crippen LogP contribution < -0.4 is 0 Å². The molecule has 1 unspecified atom stereocenters. The van der Waals surface area contributed by atoms with E-state index >= 15 is 0 Å².